The fourth-order valence-corrected chi connectivity index (χ4v) is 4.30. The van der Waals surface area contributed by atoms with E-state index in [2.05, 4.69) is 15.0 Å². The van der Waals surface area contributed by atoms with Crippen LogP contribution in [-0.4, -0.2) is 25.7 Å². The van der Waals surface area contributed by atoms with E-state index in [4.69, 9.17) is 0 Å². The lowest BCUT2D eigenvalue weighted by Crippen LogP contribution is -2.20. The monoisotopic (exact) mass is 415 g/mol. The summed E-state index contributed by atoms with van der Waals surface area (Å²) in [6.07, 6.45) is 1.54. The Kier molecular flexibility index (Phi) is 4.75. The Balaban J connectivity index is 1.71. The Morgan fingerprint density at radius 1 is 1.07 bits per heavy atom. The molecule has 0 aliphatic carbocycles. The van der Waals surface area contributed by atoms with Crippen LogP contribution in [0.5, 0.6) is 0 Å². The normalized spacial score (nSPS) is 15.4. The highest BCUT2D eigenvalue weighted by Crippen LogP contribution is 2.34. The number of nitrogens with one attached hydrogen (secondary N) is 2. The maximum Gasteiger partial charge on any atom is 0.261 e. The van der Waals surface area contributed by atoms with Crippen LogP contribution in [0.4, 0.5) is 20.3 Å². The second kappa shape index (κ2) is 7.25. The van der Waals surface area contributed by atoms with Crippen LogP contribution >= 0.6 is 0 Å². The molecule has 1 unspecified atom stereocenters. The van der Waals surface area contributed by atoms with Gasteiger partial charge in [-0.15, -0.1) is 0 Å². The van der Waals surface area contributed by atoms with Gasteiger partial charge in [0.05, 0.1) is 22.1 Å². The van der Waals surface area contributed by atoms with Crippen molar-refractivity contribution in [1.82, 2.24) is 4.98 Å². The van der Waals surface area contributed by atoms with E-state index >= 15 is 4.39 Å². The number of sulfonamides is 1. The van der Waals surface area contributed by atoms with Gasteiger partial charge in [-0.05, 0) is 30.3 Å². The second-order valence-corrected chi connectivity index (χ2v) is 8.12. The number of rotatable bonds is 5. The topological polar surface area (TPSA) is 88.2 Å². The van der Waals surface area contributed by atoms with Crippen LogP contribution in [0.3, 0.4) is 0 Å². The van der Waals surface area contributed by atoms with Gasteiger partial charge in [0, 0.05) is 18.3 Å². The molecule has 1 aromatic heterocycles. The maximum absolute atomic E-state index is 15.0. The van der Waals surface area contributed by atoms with E-state index in [0.29, 0.717) is 11.4 Å². The SMILES string of the molecule is O=C(c1c(F)ccc(NS(=O)(=O)c2ccccc2)c1F)C1CNc2ncccc21. The van der Waals surface area contributed by atoms with Gasteiger partial charge in [-0.2, -0.15) is 0 Å². The first kappa shape index (κ1) is 19.0. The number of carbonyl (C=O) groups excluding carboxylic acids is 1. The molecule has 0 amide bonds. The summed E-state index contributed by atoms with van der Waals surface area (Å²) in [4.78, 5) is 16.9. The molecule has 0 bridgehead atoms. The minimum atomic E-state index is -4.10. The molecule has 6 nitrogen and oxygen atoms in total. The van der Waals surface area contributed by atoms with Crippen molar-refractivity contribution in [2.24, 2.45) is 0 Å². The van der Waals surface area contributed by atoms with E-state index in [1.165, 1.54) is 24.3 Å². The van der Waals surface area contributed by atoms with Crippen LogP contribution in [0.15, 0.2) is 65.7 Å². The highest BCUT2D eigenvalue weighted by Gasteiger charge is 2.34. The van der Waals surface area contributed by atoms with Crippen molar-refractivity contribution in [3.63, 3.8) is 0 Å². The van der Waals surface area contributed by atoms with Gasteiger partial charge in [0.15, 0.2) is 11.6 Å². The molecule has 4 rings (SSSR count). The quantitative estimate of drug-likeness (QED) is 0.622. The number of benzene rings is 2. The van der Waals surface area contributed by atoms with Crippen molar-refractivity contribution in [2.75, 3.05) is 16.6 Å². The third-order valence-corrected chi connectivity index (χ3v) is 6.02. The predicted molar refractivity (Wildman–Crippen MR) is 103 cm³/mol. The molecule has 9 heteroatoms. The number of halogens is 2. The standard InChI is InChI=1S/C20H15F2N3O3S/c21-15-8-9-16(25-29(27,28)12-5-2-1-3-6-12)18(22)17(15)19(26)14-11-24-20-13(14)7-4-10-23-20/h1-10,14,25H,11H2,(H,23,24). The summed E-state index contributed by atoms with van der Waals surface area (Å²) in [6.45, 7) is 0.143. The largest absolute Gasteiger partial charge is 0.369 e. The fraction of sp³-hybridized carbons (Fsp3) is 0.100. The third-order valence-electron chi connectivity index (χ3n) is 4.64. The van der Waals surface area contributed by atoms with E-state index in [0.717, 1.165) is 12.1 Å². The van der Waals surface area contributed by atoms with Crippen molar-refractivity contribution >= 4 is 27.3 Å². The number of anilines is 2. The summed E-state index contributed by atoms with van der Waals surface area (Å²) in [6, 6.07) is 12.4. The molecular formula is C20H15F2N3O3S. The predicted octanol–water partition coefficient (Wildman–Crippen LogP) is 3.55. The number of fused-ring (bicyclic) bond motifs is 1. The van der Waals surface area contributed by atoms with Gasteiger partial charge in [-0.3, -0.25) is 9.52 Å². The number of hydrogen-bond acceptors (Lipinski definition) is 5. The van der Waals surface area contributed by atoms with Gasteiger partial charge in [-0.1, -0.05) is 24.3 Å². The molecule has 1 atom stereocenters. The number of pyridine rings is 1. The number of aromatic nitrogens is 1. The molecule has 0 saturated heterocycles. The van der Waals surface area contributed by atoms with E-state index in [1.807, 2.05) is 0 Å². The number of carbonyl (C=O) groups is 1. The molecule has 29 heavy (non-hydrogen) atoms. The van der Waals surface area contributed by atoms with Crippen LogP contribution in [0.2, 0.25) is 0 Å². The van der Waals surface area contributed by atoms with Crippen LogP contribution in [0.25, 0.3) is 0 Å². The Morgan fingerprint density at radius 3 is 2.59 bits per heavy atom. The van der Waals surface area contributed by atoms with Crippen LogP contribution in [0, 0.1) is 11.6 Å². The van der Waals surface area contributed by atoms with Crippen molar-refractivity contribution in [1.29, 1.82) is 0 Å². The lowest BCUT2D eigenvalue weighted by molar-refractivity contribution is 0.0958. The van der Waals surface area contributed by atoms with Crippen molar-refractivity contribution in [3.05, 3.63) is 83.6 Å². The molecule has 2 aromatic carbocycles. The van der Waals surface area contributed by atoms with E-state index in [-0.39, 0.29) is 11.4 Å². The summed E-state index contributed by atoms with van der Waals surface area (Å²) < 4.78 is 56.4. The number of Topliss-reactive ketones (excluding diaryl/α,β-unsaturated/α-hetero) is 1. The molecule has 0 radical (unpaired) electrons. The fourth-order valence-electron chi connectivity index (χ4n) is 3.22. The molecular weight excluding hydrogens is 400 g/mol. The highest BCUT2D eigenvalue weighted by atomic mass is 32.2. The summed E-state index contributed by atoms with van der Waals surface area (Å²) >= 11 is 0. The van der Waals surface area contributed by atoms with E-state index in [1.54, 1.807) is 24.4 Å². The molecule has 2 N–H and O–H groups in total. The molecule has 0 saturated carbocycles. The summed E-state index contributed by atoms with van der Waals surface area (Å²) in [5.41, 5.74) is -0.760. The Labute approximate surface area is 165 Å². The lowest BCUT2D eigenvalue weighted by atomic mass is 9.92. The van der Waals surface area contributed by atoms with Crippen LogP contribution in [-0.2, 0) is 10.0 Å². The highest BCUT2D eigenvalue weighted by molar-refractivity contribution is 7.92. The number of hydrogen-bond donors (Lipinski definition) is 2. The zero-order valence-electron chi connectivity index (χ0n) is 14.9. The first-order chi connectivity index (χ1) is 13.9. The first-order valence-corrected chi connectivity index (χ1v) is 10.2. The van der Waals surface area contributed by atoms with Crippen molar-refractivity contribution in [2.45, 2.75) is 10.8 Å². The average molecular weight is 415 g/mol. The van der Waals surface area contributed by atoms with Gasteiger partial charge in [0.25, 0.3) is 10.0 Å². The van der Waals surface area contributed by atoms with E-state index in [9.17, 15) is 17.6 Å². The van der Waals surface area contributed by atoms with Crippen molar-refractivity contribution < 1.29 is 22.0 Å². The summed E-state index contributed by atoms with van der Waals surface area (Å²) in [5.74, 6) is -3.46. The zero-order valence-corrected chi connectivity index (χ0v) is 15.7. The minimum Gasteiger partial charge on any atom is -0.369 e. The lowest BCUT2D eigenvalue weighted by Gasteiger charge is -2.14. The van der Waals surface area contributed by atoms with Gasteiger partial charge < -0.3 is 5.32 Å². The summed E-state index contributed by atoms with van der Waals surface area (Å²) in [7, 11) is -4.10. The third kappa shape index (κ3) is 3.44. The summed E-state index contributed by atoms with van der Waals surface area (Å²) in [5, 5.41) is 2.93. The number of ketones is 1. The molecule has 1 aliphatic heterocycles. The number of nitrogens with zero attached hydrogens (tertiary/aromatic N) is 1. The zero-order chi connectivity index (χ0) is 20.6. The Morgan fingerprint density at radius 2 is 1.83 bits per heavy atom. The first-order valence-electron chi connectivity index (χ1n) is 8.67. The van der Waals surface area contributed by atoms with Gasteiger partial charge in [0.1, 0.15) is 11.6 Å². The smallest absolute Gasteiger partial charge is 0.261 e. The van der Waals surface area contributed by atoms with Gasteiger partial charge in [-0.25, -0.2) is 22.2 Å². The van der Waals surface area contributed by atoms with Crippen LogP contribution < -0.4 is 10.0 Å². The van der Waals surface area contributed by atoms with Gasteiger partial charge in [0.2, 0.25) is 0 Å². The molecule has 0 fully saturated rings. The molecule has 148 valence electrons. The van der Waals surface area contributed by atoms with Crippen LogP contribution in [0.1, 0.15) is 21.8 Å². The molecule has 1 aliphatic rings. The Hall–Kier alpha value is -3.33. The second-order valence-electron chi connectivity index (χ2n) is 6.44. The average Bonchev–Trinajstić information content (AvgIpc) is 3.15. The van der Waals surface area contributed by atoms with E-state index < -0.39 is 44.6 Å². The maximum atomic E-state index is 15.0. The molecule has 3 aromatic rings. The minimum absolute atomic E-state index is 0.0865. The molecule has 0 spiro atoms. The van der Waals surface area contributed by atoms with Gasteiger partial charge >= 0.3 is 0 Å². The Bertz CT molecular complexity index is 1200. The van der Waals surface area contributed by atoms with Crippen molar-refractivity contribution in [3.8, 4) is 0 Å². The molecule has 2 heterocycles.